The highest BCUT2D eigenvalue weighted by Gasteiger charge is 2.30. The number of fused-ring (bicyclic) bond motifs is 1. The molecule has 168 valence electrons. The van der Waals surface area contributed by atoms with Crippen LogP contribution >= 0.6 is 0 Å². The number of hydrogen-bond acceptors (Lipinski definition) is 3. The minimum atomic E-state index is -0.664. The molecule has 0 aromatic heterocycles. The van der Waals surface area contributed by atoms with Crippen LogP contribution in [0.5, 0.6) is 5.75 Å². The van der Waals surface area contributed by atoms with Gasteiger partial charge in [-0.2, -0.15) is 0 Å². The average molecular weight is 424 g/mol. The Hall–Kier alpha value is -2.07. The zero-order valence-electron chi connectivity index (χ0n) is 19.3. The van der Waals surface area contributed by atoms with Gasteiger partial charge in [-0.05, 0) is 90.9 Å². The van der Waals surface area contributed by atoms with Gasteiger partial charge in [-0.1, -0.05) is 39.0 Å². The molecule has 2 aromatic rings. The SMILES string of the molecule is CC(C)(C)[C@H]1CC[C@H](Oc2ccc3cc(CN4CCCC(C(=O)O)C4)ccc3c2)CC1. The minimum Gasteiger partial charge on any atom is -0.490 e. The third-order valence-corrected chi connectivity index (χ3v) is 7.34. The highest BCUT2D eigenvalue weighted by molar-refractivity contribution is 5.84. The number of piperidine rings is 1. The van der Waals surface area contributed by atoms with E-state index in [9.17, 15) is 9.90 Å². The highest BCUT2D eigenvalue weighted by Crippen LogP contribution is 2.39. The second kappa shape index (κ2) is 9.20. The van der Waals surface area contributed by atoms with E-state index in [-0.39, 0.29) is 5.92 Å². The van der Waals surface area contributed by atoms with Crippen LogP contribution in [0.25, 0.3) is 10.8 Å². The fourth-order valence-corrected chi connectivity index (χ4v) is 5.34. The van der Waals surface area contributed by atoms with Gasteiger partial charge < -0.3 is 9.84 Å². The van der Waals surface area contributed by atoms with Crippen LogP contribution in [0.1, 0.15) is 64.9 Å². The summed E-state index contributed by atoms with van der Waals surface area (Å²) in [7, 11) is 0. The molecule has 2 aromatic carbocycles. The molecule has 0 radical (unpaired) electrons. The van der Waals surface area contributed by atoms with Gasteiger partial charge in [0.1, 0.15) is 5.75 Å². The molecule has 1 saturated heterocycles. The van der Waals surface area contributed by atoms with Crippen molar-refractivity contribution in [3.05, 3.63) is 42.0 Å². The predicted octanol–water partition coefficient (Wildman–Crippen LogP) is 6.12. The molecule has 4 nitrogen and oxygen atoms in total. The van der Waals surface area contributed by atoms with Crippen LogP contribution in [0, 0.1) is 17.3 Å². The van der Waals surface area contributed by atoms with Crippen LogP contribution in [-0.4, -0.2) is 35.2 Å². The summed E-state index contributed by atoms with van der Waals surface area (Å²) in [4.78, 5) is 13.6. The first-order chi connectivity index (χ1) is 14.8. The lowest BCUT2D eigenvalue weighted by molar-refractivity contribution is -0.143. The summed E-state index contributed by atoms with van der Waals surface area (Å²) in [6, 6.07) is 13.0. The Labute approximate surface area is 186 Å². The summed E-state index contributed by atoms with van der Waals surface area (Å²) in [6.45, 7) is 9.50. The Morgan fingerprint density at radius 3 is 2.45 bits per heavy atom. The second-order valence-electron chi connectivity index (χ2n) is 10.7. The standard InChI is InChI=1S/C27H37NO3/c1-27(2,3)23-9-12-24(13-10-23)31-25-11-8-20-15-19(6-7-21(20)16-25)17-28-14-4-5-22(18-28)26(29)30/h6-8,11,15-16,22-24H,4-5,9-10,12-14,17-18H2,1-3H3,(H,29,30)/t22?,23-,24-. The third kappa shape index (κ3) is 5.60. The fourth-order valence-electron chi connectivity index (χ4n) is 5.34. The molecule has 1 N–H and O–H groups in total. The number of ether oxygens (including phenoxy) is 1. The lowest BCUT2D eigenvalue weighted by Gasteiger charge is -2.37. The van der Waals surface area contributed by atoms with E-state index in [1.807, 2.05) is 0 Å². The van der Waals surface area contributed by atoms with Gasteiger partial charge in [0.25, 0.3) is 0 Å². The monoisotopic (exact) mass is 423 g/mol. The second-order valence-corrected chi connectivity index (χ2v) is 10.7. The molecule has 2 fully saturated rings. The normalized spacial score (nSPS) is 25.5. The largest absolute Gasteiger partial charge is 0.490 e. The molecule has 31 heavy (non-hydrogen) atoms. The number of benzene rings is 2. The van der Waals surface area contributed by atoms with Crippen molar-refractivity contribution in [1.29, 1.82) is 0 Å². The van der Waals surface area contributed by atoms with E-state index in [1.165, 1.54) is 29.2 Å². The van der Waals surface area contributed by atoms with E-state index in [0.717, 1.165) is 50.4 Å². The molecule has 1 aliphatic heterocycles. The summed E-state index contributed by atoms with van der Waals surface area (Å²) in [5.41, 5.74) is 1.64. The first-order valence-electron chi connectivity index (χ1n) is 11.9. The summed E-state index contributed by atoms with van der Waals surface area (Å²) in [5, 5.41) is 11.7. The van der Waals surface area contributed by atoms with Crippen molar-refractivity contribution < 1.29 is 14.6 Å². The van der Waals surface area contributed by atoms with E-state index in [1.54, 1.807) is 0 Å². The van der Waals surface area contributed by atoms with Crippen LogP contribution in [0.4, 0.5) is 0 Å². The maximum Gasteiger partial charge on any atom is 0.307 e. The predicted molar refractivity (Wildman–Crippen MR) is 125 cm³/mol. The van der Waals surface area contributed by atoms with Gasteiger partial charge in [0.15, 0.2) is 0 Å². The first-order valence-corrected chi connectivity index (χ1v) is 11.9. The number of likely N-dealkylation sites (tertiary alicyclic amines) is 1. The van der Waals surface area contributed by atoms with Crippen LogP contribution in [0.2, 0.25) is 0 Å². The zero-order valence-corrected chi connectivity index (χ0v) is 19.3. The molecular formula is C27H37NO3. The Morgan fingerprint density at radius 1 is 1.03 bits per heavy atom. The maximum absolute atomic E-state index is 11.3. The Bertz CT molecular complexity index is 908. The van der Waals surface area contributed by atoms with Gasteiger partial charge in [0.05, 0.1) is 12.0 Å². The van der Waals surface area contributed by atoms with Crippen molar-refractivity contribution in [3.63, 3.8) is 0 Å². The van der Waals surface area contributed by atoms with E-state index in [2.05, 4.69) is 62.1 Å². The molecule has 1 heterocycles. The Balaban J connectivity index is 1.37. The Morgan fingerprint density at radius 2 is 1.74 bits per heavy atom. The number of aliphatic carboxylic acids is 1. The Kier molecular flexibility index (Phi) is 6.57. The lowest BCUT2D eigenvalue weighted by Crippen LogP contribution is -2.38. The van der Waals surface area contributed by atoms with Crippen LogP contribution in [-0.2, 0) is 11.3 Å². The van der Waals surface area contributed by atoms with Crippen molar-refractivity contribution in [2.75, 3.05) is 13.1 Å². The van der Waals surface area contributed by atoms with Crippen LogP contribution in [0.3, 0.4) is 0 Å². The van der Waals surface area contributed by atoms with Gasteiger partial charge in [0.2, 0.25) is 0 Å². The number of nitrogens with zero attached hydrogens (tertiary/aromatic N) is 1. The van der Waals surface area contributed by atoms with Crippen molar-refractivity contribution in [3.8, 4) is 5.75 Å². The molecule has 1 unspecified atom stereocenters. The van der Waals surface area contributed by atoms with Crippen LogP contribution < -0.4 is 4.74 Å². The van der Waals surface area contributed by atoms with Crippen molar-refractivity contribution in [1.82, 2.24) is 4.90 Å². The van der Waals surface area contributed by atoms with E-state index < -0.39 is 5.97 Å². The lowest BCUT2D eigenvalue weighted by atomic mass is 9.72. The summed E-state index contributed by atoms with van der Waals surface area (Å²) < 4.78 is 6.35. The topological polar surface area (TPSA) is 49.8 Å². The van der Waals surface area contributed by atoms with Gasteiger partial charge >= 0.3 is 5.97 Å². The van der Waals surface area contributed by atoms with Crippen molar-refractivity contribution >= 4 is 16.7 Å². The minimum absolute atomic E-state index is 0.229. The molecule has 0 bridgehead atoms. The summed E-state index contributed by atoms with van der Waals surface area (Å²) in [6.07, 6.45) is 6.89. The number of carboxylic acid groups (broad SMARTS) is 1. The summed E-state index contributed by atoms with van der Waals surface area (Å²) in [5.74, 6) is 0.878. The number of carboxylic acids is 1. The van der Waals surface area contributed by atoms with Gasteiger partial charge in [-0.3, -0.25) is 9.69 Å². The zero-order chi connectivity index (χ0) is 22.0. The highest BCUT2D eigenvalue weighted by atomic mass is 16.5. The van der Waals surface area contributed by atoms with Crippen molar-refractivity contribution in [2.45, 2.75) is 71.9 Å². The van der Waals surface area contributed by atoms with Crippen LogP contribution in [0.15, 0.2) is 36.4 Å². The van der Waals surface area contributed by atoms with Gasteiger partial charge in [0, 0.05) is 13.1 Å². The molecule has 1 aliphatic carbocycles. The fraction of sp³-hybridized carbons (Fsp3) is 0.593. The molecule has 2 aliphatic rings. The molecule has 4 rings (SSSR count). The number of rotatable bonds is 5. The molecular weight excluding hydrogens is 386 g/mol. The smallest absolute Gasteiger partial charge is 0.307 e. The average Bonchev–Trinajstić information content (AvgIpc) is 2.74. The van der Waals surface area contributed by atoms with Gasteiger partial charge in [-0.15, -0.1) is 0 Å². The first kappa shape index (κ1) is 22.1. The molecule has 0 amide bonds. The molecule has 1 atom stereocenters. The molecule has 1 saturated carbocycles. The molecule has 0 spiro atoms. The van der Waals surface area contributed by atoms with Gasteiger partial charge in [-0.25, -0.2) is 0 Å². The molecule has 4 heteroatoms. The van der Waals surface area contributed by atoms with E-state index in [0.29, 0.717) is 18.1 Å². The quantitative estimate of drug-likeness (QED) is 0.629. The number of carbonyl (C=O) groups is 1. The third-order valence-electron chi connectivity index (χ3n) is 7.34. The van der Waals surface area contributed by atoms with E-state index in [4.69, 9.17) is 4.74 Å². The maximum atomic E-state index is 11.3. The van der Waals surface area contributed by atoms with Crippen molar-refractivity contribution in [2.24, 2.45) is 17.3 Å². The number of hydrogen-bond donors (Lipinski definition) is 1. The van der Waals surface area contributed by atoms with E-state index >= 15 is 0 Å². The summed E-state index contributed by atoms with van der Waals surface area (Å²) >= 11 is 0.